The van der Waals surface area contributed by atoms with Gasteiger partial charge in [-0.3, -0.25) is 9.48 Å². The van der Waals surface area contributed by atoms with Gasteiger partial charge in [0.05, 0.1) is 41.6 Å². The summed E-state index contributed by atoms with van der Waals surface area (Å²) in [5.74, 6) is 0.517. The zero-order chi connectivity index (χ0) is 23.9. The van der Waals surface area contributed by atoms with Crippen LogP contribution >= 0.6 is 11.3 Å². The van der Waals surface area contributed by atoms with Gasteiger partial charge in [-0.1, -0.05) is 11.3 Å². The summed E-state index contributed by atoms with van der Waals surface area (Å²) in [5.41, 5.74) is 0.536. The van der Waals surface area contributed by atoms with Gasteiger partial charge in [-0.15, -0.1) is 0 Å². The first-order valence-electron chi connectivity index (χ1n) is 11.4. The van der Waals surface area contributed by atoms with Gasteiger partial charge in [0.1, 0.15) is 16.8 Å². The van der Waals surface area contributed by atoms with E-state index in [1.165, 1.54) is 19.4 Å². The number of halogens is 1. The number of carbonyl (C=O) groups is 1. The van der Waals surface area contributed by atoms with Gasteiger partial charge in [0.2, 0.25) is 0 Å². The van der Waals surface area contributed by atoms with E-state index < -0.39 is 21.0 Å². The maximum absolute atomic E-state index is 13.5. The number of carbonyl (C=O) groups excluding carboxylic acids is 1. The molecule has 1 saturated carbocycles. The second-order valence-corrected chi connectivity index (χ2v) is 12.2. The molecule has 11 heteroatoms. The number of fused-ring (bicyclic) bond motifs is 1. The van der Waals surface area contributed by atoms with Crippen molar-refractivity contribution in [1.82, 2.24) is 14.8 Å². The van der Waals surface area contributed by atoms with Crippen LogP contribution in [0.15, 0.2) is 29.4 Å². The fourth-order valence-corrected chi connectivity index (χ4v) is 7.06. The number of hydrogen-bond donors (Lipinski definition) is 0. The van der Waals surface area contributed by atoms with Crippen molar-refractivity contribution in [3.05, 3.63) is 34.7 Å². The van der Waals surface area contributed by atoms with E-state index in [2.05, 4.69) is 10.1 Å². The van der Waals surface area contributed by atoms with Crippen LogP contribution in [-0.2, 0) is 25.8 Å². The first kappa shape index (κ1) is 23.4. The second kappa shape index (κ2) is 9.35. The second-order valence-electron chi connectivity index (χ2n) is 8.90. The highest BCUT2D eigenvalue weighted by molar-refractivity contribution is 7.92. The van der Waals surface area contributed by atoms with E-state index in [1.807, 2.05) is 0 Å². The Bertz CT molecular complexity index is 1310. The first-order valence-corrected chi connectivity index (χ1v) is 13.7. The molecule has 0 radical (unpaired) electrons. The predicted molar refractivity (Wildman–Crippen MR) is 124 cm³/mol. The van der Waals surface area contributed by atoms with Gasteiger partial charge in [0.25, 0.3) is 0 Å². The van der Waals surface area contributed by atoms with E-state index in [9.17, 15) is 17.6 Å². The first-order chi connectivity index (χ1) is 16.4. The topological polar surface area (TPSA) is 100 Å². The van der Waals surface area contributed by atoms with Gasteiger partial charge in [-0.05, 0) is 44.1 Å². The molecule has 1 aliphatic heterocycles. The summed E-state index contributed by atoms with van der Waals surface area (Å²) in [5, 5.41) is 4.58. The van der Waals surface area contributed by atoms with Crippen molar-refractivity contribution >= 4 is 37.9 Å². The molecular formula is C23H26FN3O5S2. The number of thiazole rings is 1. The van der Waals surface area contributed by atoms with Gasteiger partial charge in [0.15, 0.2) is 20.8 Å². The maximum Gasteiger partial charge on any atom is 0.196 e. The summed E-state index contributed by atoms with van der Waals surface area (Å²) >= 11 is 0.855. The Morgan fingerprint density at radius 2 is 2.03 bits per heavy atom. The Morgan fingerprint density at radius 3 is 2.68 bits per heavy atom. The van der Waals surface area contributed by atoms with Crippen LogP contribution in [0.5, 0.6) is 5.75 Å². The molecule has 1 aliphatic carbocycles. The van der Waals surface area contributed by atoms with Crippen LogP contribution in [-0.4, -0.2) is 54.5 Å². The minimum Gasteiger partial charge on any atom is -0.497 e. The van der Waals surface area contributed by atoms with Gasteiger partial charge < -0.3 is 9.47 Å². The molecule has 0 amide bonds. The summed E-state index contributed by atoms with van der Waals surface area (Å²) in [6.07, 6.45) is 6.12. The summed E-state index contributed by atoms with van der Waals surface area (Å²) in [4.78, 5) is 17.7. The molecule has 8 nitrogen and oxygen atoms in total. The molecule has 1 atom stereocenters. The van der Waals surface area contributed by atoms with Crippen LogP contribution in [0.1, 0.15) is 43.2 Å². The number of ketones is 1. The molecule has 1 aromatic carbocycles. The number of Topliss-reactive ketones (excluding diaryl/α,β-unsaturated/α-hetero) is 1. The quantitative estimate of drug-likeness (QED) is 0.435. The molecule has 5 rings (SSSR count). The van der Waals surface area contributed by atoms with Crippen molar-refractivity contribution in [2.75, 3.05) is 20.3 Å². The van der Waals surface area contributed by atoms with Gasteiger partial charge in [-0.25, -0.2) is 13.4 Å². The molecule has 2 fully saturated rings. The summed E-state index contributed by atoms with van der Waals surface area (Å²) in [6, 6.07) is 2.62. The minimum absolute atomic E-state index is 0.0129. The van der Waals surface area contributed by atoms with E-state index in [1.54, 1.807) is 10.7 Å². The third-order valence-corrected chi connectivity index (χ3v) is 9.66. The van der Waals surface area contributed by atoms with E-state index in [0.29, 0.717) is 54.1 Å². The lowest BCUT2D eigenvalue weighted by atomic mass is 9.90. The normalized spacial score (nSPS) is 18.3. The Balaban J connectivity index is 1.57. The number of methoxy groups -OCH3 is 1. The molecule has 0 N–H and O–H groups in total. The summed E-state index contributed by atoms with van der Waals surface area (Å²) in [6.45, 7) is 1.28. The van der Waals surface area contributed by atoms with E-state index in [4.69, 9.17) is 9.47 Å². The van der Waals surface area contributed by atoms with E-state index in [-0.39, 0.29) is 28.3 Å². The Morgan fingerprint density at radius 1 is 1.26 bits per heavy atom. The number of nitrogens with zero attached hydrogens (tertiary/aromatic N) is 3. The summed E-state index contributed by atoms with van der Waals surface area (Å²) < 4.78 is 52.3. The fraction of sp³-hybridized carbons (Fsp3) is 0.522. The van der Waals surface area contributed by atoms with E-state index >= 15 is 0 Å². The lowest BCUT2D eigenvalue weighted by molar-refractivity contribution is -0.122. The van der Waals surface area contributed by atoms with Crippen LogP contribution in [0, 0.1) is 11.0 Å². The SMILES string of the molecule is COc1cc(S(=O)(=O)C2CC2)c2cnn([C@@H](CC3CCOCC3)C(=O)Cc3ncc(F)s3)c2c1. The summed E-state index contributed by atoms with van der Waals surface area (Å²) in [7, 11) is -2.03. The number of aromatic nitrogens is 3. The highest BCUT2D eigenvalue weighted by Crippen LogP contribution is 2.39. The molecule has 1 saturated heterocycles. The highest BCUT2D eigenvalue weighted by atomic mass is 32.2. The van der Waals surface area contributed by atoms with Gasteiger partial charge >= 0.3 is 0 Å². The largest absolute Gasteiger partial charge is 0.497 e. The van der Waals surface area contributed by atoms with Crippen molar-refractivity contribution in [3.63, 3.8) is 0 Å². The number of ether oxygens (including phenoxy) is 2. The molecule has 3 heterocycles. The minimum atomic E-state index is -3.52. The lowest BCUT2D eigenvalue weighted by Crippen LogP contribution is -2.27. The van der Waals surface area contributed by atoms with Crippen LogP contribution in [0.3, 0.4) is 0 Å². The number of benzene rings is 1. The fourth-order valence-electron chi connectivity index (χ4n) is 4.55. The molecule has 0 spiro atoms. The van der Waals surface area contributed by atoms with Crippen LogP contribution in [0.4, 0.5) is 4.39 Å². The monoisotopic (exact) mass is 507 g/mol. The lowest BCUT2D eigenvalue weighted by Gasteiger charge is -2.26. The Kier molecular flexibility index (Phi) is 6.43. The van der Waals surface area contributed by atoms with Crippen LogP contribution in [0.2, 0.25) is 0 Å². The van der Waals surface area contributed by atoms with Crippen LogP contribution in [0.25, 0.3) is 10.9 Å². The third kappa shape index (κ3) is 4.60. The van der Waals surface area contributed by atoms with Gasteiger partial charge in [0, 0.05) is 24.7 Å². The standard InChI is InChI=1S/C23H26FN3O5S2/c1-31-15-9-18-17(21(10-15)34(29,30)16-2-3-16)12-26-27(18)19(8-14-4-6-32-7-5-14)20(28)11-23-25-13-22(24)33-23/h9-10,12-14,16,19H,2-8,11H2,1H3/t19-/m0/s1. The number of sulfone groups is 1. The molecule has 0 unspecified atom stereocenters. The van der Waals surface area contributed by atoms with Gasteiger partial charge in [-0.2, -0.15) is 9.49 Å². The Labute approximate surface area is 201 Å². The Hall–Kier alpha value is -2.37. The smallest absolute Gasteiger partial charge is 0.196 e. The molecule has 34 heavy (non-hydrogen) atoms. The predicted octanol–water partition coefficient (Wildman–Crippen LogP) is 3.75. The molecule has 3 aromatic rings. The number of hydrogen-bond acceptors (Lipinski definition) is 8. The third-order valence-electron chi connectivity index (χ3n) is 6.57. The van der Waals surface area contributed by atoms with Crippen molar-refractivity contribution in [1.29, 1.82) is 0 Å². The average molecular weight is 508 g/mol. The molecular weight excluding hydrogens is 481 g/mol. The number of rotatable bonds is 9. The highest BCUT2D eigenvalue weighted by Gasteiger charge is 2.39. The zero-order valence-electron chi connectivity index (χ0n) is 18.8. The van der Waals surface area contributed by atoms with E-state index in [0.717, 1.165) is 30.4 Å². The van der Waals surface area contributed by atoms with Crippen LogP contribution < -0.4 is 4.74 Å². The molecule has 2 aromatic heterocycles. The maximum atomic E-state index is 13.5. The van der Waals surface area contributed by atoms with Crippen molar-refractivity contribution in [3.8, 4) is 5.75 Å². The molecule has 182 valence electrons. The zero-order valence-corrected chi connectivity index (χ0v) is 20.4. The molecule has 2 aliphatic rings. The average Bonchev–Trinajstić information content (AvgIpc) is 3.51. The van der Waals surface area contributed by atoms with Crippen molar-refractivity contribution < 1.29 is 27.1 Å². The van der Waals surface area contributed by atoms with Crippen molar-refractivity contribution in [2.24, 2.45) is 5.92 Å². The molecule has 0 bridgehead atoms. The van der Waals surface area contributed by atoms with Crippen molar-refractivity contribution in [2.45, 2.75) is 54.7 Å².